The number of hydrogen-bond donors (Lipinski definition) is 2. The van der Waals surface area contributed by atoms with E-state index in [0.29, 0.717) is 43.5 Å². The number of benzene rings is 2. The third-order valence-electron chi connectivity index (χ3n) is 5.61. The molecule has 0 aliphatic carbocycles. The normalized spacial score (nSPS) is 14.3. The van der Waals surface area contributed by atoms with Gasteiger partial charge in [0.25, 0.3) is 0 Å². The van der Waals surface area contributed by atoms with E-state index in [1.54, 1.807) is 5.06 Å². The highest BCUT2D eigenvalue weighted by Crippen LogP contribution is 2.30. The summed E-state index contributed by atoms with van der Waals surface area (Å²) in [7, 11) is 0. The van der Waals surface area contributed by atoms with Crippen LogP contribution in [0.5, 0.6) is 0 Å². The van der Waals surface area contributed by atoms with E-state index in [-0.39, 0.29) is 12.0 Å². The summed E-state index contributed by atoms with van der Waals surface area (Å²) in [6.45, 7) is 7.98. The van der Waals surface area contributed by atoms with Crippen LogP contribution in [0.3, 0.4) is 0 Å². The molecule has 0 amide bonds. The average molecular weight is 461 g/mol. The molecule has 8 nitrogen and oxygen atoms in total. The number of anilines is 3. The number of hydroxylamine groups is 2. The van der Waals surface area contributed by atoms with Crippen LogP contribution in [-0.4, -0.2) is 40.1 Å². The summed E-state index contributed by atoms with van der Waals surface area (Å²) >= 11 is 0. The monoisotopic (exact) mass is 460 g/mol. The molecule has 0 atom stereocenters. The Bertz CT molecular complexity index is 1050. The van der Waals surface area contributed by atoms with Crippen molar-refractivity contribution in [3.63, 3.8) is 0 Å². The maximum Gasteiger partial charge on any atom is 0.330 e. The van der Waals surface area contributed by atoms with Gasteiger partial charge in [0.1, 0.15) is 12.0 Å². The van der Waals surface area contributed by atoms with Crippen molar-refractivity contribution in [3.05, 3.63) is 78.1 Å². The highest BCUT2D eigenvalue weighted by atomic mass is 16.7. The lowest BCUT2D eigenvalue weighted by Crippen LogP contribution is -2.56. The molecule has 3 N–H and O–H groups in total. The Kier molecular flexibility index (Phi) is 6.98. The highest BCUT2D eigenvalue weighted by molar-refractivity contribution is 5.76. The molecule has 1 fully saturated rings. The summed E-state index contributed by atoms with van der Waals surface area (Å²) in [6.07, 6.45) is 1.53. The van der Waals surface area contributed by atoms with Gasteiger partial charge in [-0.05, 0) is 31.9 Å². The average Bonchev–Trinajstić information content (AvgIpc) is 2.79. The van der Waals surface area contributed by atoms with Crippen molar-refractivity contribution in [2.24, 2.45) is 5.41 Å². The lowest BCUT2D eigenvalue weighted by molar-refractivity contribution is -0.218. The number of hydrogen-bond acceptors (Lipinski definition) is 8. The smallest absolute Gasteiger partial charge is 0.330 e. The standard InChI is InChI=1S/C26H32N6O2/c1-26(2,3)25(33)34-32-16-21(17-32)30-23-22(27)24(29-18-28-23)31(14-19-10-6-4-7-11-19)15-20-12-8-5-9-13-20/h4-13,18,21H,14-17,27H2,1-3H3,(H,28,29,30). The fraction of sp³-hybridized carbons (Fsp3) is 0.346. The van der Waals surface area contributed by atoms with Crippen molar-refractivity contribution in [3.8, 4) is 0 Å². The van der Waals surface area contributed by atoms with E-state index in [1.165, 1.54) is 17.5 Å². The van der Waals surface area contributed by atoms with Gasteiger partial charge in [-0.15, -0.1) is 5.06 Å². The minimum Gasteiger partial charge on any atom is -0.393 e. The summed E-state index contributed by atoms with van der Waals surface area (Å²) < 4.78 is 0. The Balaban J connectivity index is 1.47. The van der Waals surface area contributed by atoms with Crippen LogP contribution in [0.2, 0.25) is 0 Å². The number of nitrogens with one attached hydrogen (secondary N) is 1. The summed E-state index contributed by atoms with van der Waals surface area (Å²) in [6, 6.07) is 20.6. The van der Waals surface area contributed by atoms with Gasteiger partial charge in [0.05, 0.1) is 24.5 Å². The van der Waals surface area contributed by atoms with Gasteiger partial charge in [-0.3, -0.25) is 0 Å². The number of nitrogen functional groups attached to an aromatic ring is 1. The molecule has 8 heteroatoms. The lowest BCUT2D eigenvalue weighted by atomic mass is 9.98. The third-order valence-corrected chi connectivity index (χ3v) is 5.61. The van der Waals surface area contributed by atoms with Crippen LogP contribution in [0.15, 0.2) is 67.0 Å². The van der Waals surface area contributed by atoms with Crippen LogP contribution < -0.4 is 16.0 Å². The molecule has 0 unspecified atom stereocenters. The number of carbonyl (C=O) groups is 1. The molecular formula is C26H32N6O2. The van der Waals surface area contributed by atoms with Gasteiger partial charge in [-0.1, -0.05) is 60.7 Å². The Morgan fingerprint density at radius 1 is 1.03 bits per heavy atom. The first-order valence-electron chi connectivity index (χ1n) is 11.5. The van der Waals surface area contributed by atoms with Crippen LogP contribution in [0, 0.1) is 5.41 Å². The predicted octanol–water partition coefficient (Wildman–Crippen LogP) is 3.87. The van der Waals surface area contributed by atoms with E-state index < -0.39 is 5.41 Å². The molecule has 34 heavy (non-hydrogen) atoms. The van der Waals surface area contributed by atoms with E-state index in [4.69, 9.17) is 10.6 Å². The minimum absolute atomic E-state index is 0.0783. The Labute approximate surface area is 200 Å². The lowest BCUT2D eigenvalue weighted by Gasteiger charge is -2.39. The van der Waals surface area contributed by atoms with E-state index >= 15 is 0 Å². The second-order valence-corrected chi connectivity index (χ2v) is 9.60. The van der Waals surface area contributed by atoms with Crippen molar-refractivity contribution in [1.82, 2.24) is 15.0 Å². The van der Waals surface area contributed by atoms with Gasteiger partial charge in [-0.25, -0.2) is 14.8 Å². The molecule has 2 heterocycles. The predicted molar refractivity (Wildman–Crippen MR) is 134 cm³/mol. The quantitative estimate of drug-likeness (QED) is 0.523. The number of nitrogens with two attached hydrogens (primary N) is 1. The minimum atomic E-state index is -0.536. The van der Waals surface area contributed by atoms with Crippen LogP contribution >= 0.6 is 0 Å². The number of rotatable bonds is 8. The molecule has 178 valence electrons. The zero-order valence-electron chi connectivity index (χ0n) is 19.9. The van der Waals surface area contributed by atoms with Crippen LogP contribution in [0.4, 0.5) is 17.3 Å². The maximum absolute atomic E-state index is 12.1. The summed E-state index contributed by atoms with van der Waals surface area (Å²) in [5.41, 5.74) is 8.86. The van der Waals surface area contributed by atoms with E-state index in [0.717, 1.165) is 0 Å². The fourth-order valence-corrected chi connectivity index (χ4v) is 3.62. The molecule has 0 radical (unpaired) electrons. The molecule has 1 aromatic heterocycles. The van der Waals surface area contributed by atoms with Gasteiger partial charge >= 0.3 is 5.97 Å². The zero-order valence-corrected chi connectivity index (χ0v) is 19.9. The van der Waals surface area contributed by atoms with Crippen LogP contribution in [0.1, 0.15) is 31.9 Å². The largest absolute Gasteiger partial charge is 0.393 e. The van der Waals surface area contributed by atoms with E-state index in [9.17, 15) is 4.79 Å². The molecule has 2 aromatic carbocycles. The first-order valence-corrected chi connectivity index (χ1v) is 11.5. The summed E-state index contributed by atoms with van der Waals surface area (Å²) in [5.74, 6) is 1.02. The molecule has 1 saturated heterocycles. The topological polar surface area (TPSA) is 96.6 Å². The first-order chi connectivity index (χ1) is 16.3. The maximum atomic E-state index is 12.1. The van der Waals surface area contributed by atoms with Gasteiger partial charge in [-0.2, -0.15) is 0 Å². The van der Waals surface area contributed by atoms with Gasteiger partial charge < -0.3 is 20.8 Å². The van der Waals surface area contributed by atoms with Gasteiger partial charge in [0.2, 0.25) is 0 Å². The van der Waals surface area contributed by atoms with E-state index in [2.05, 4.69) is 44.5 Å². The van der Waals surface area contributed by atoms with Gasteiger partial charge in [0.15, 0.2) is 11.6 Å². The Morgan fingerprint density at radius 2 is 1.59 bits per heavy atom. The van der Waals surface area contributed by atoms with Crippen molar-refractivity contribution in [2.75, 3.05) is 29.0 Å². The van der Waals surface area contributed by atoms with Crippen molar-refractivity contribution >= 4 is 23.3 Å². The van der Waals surface area contributed by atoms with Crippen LogP contribution in [-0.2, 0) is 22.7 Å². The highest BCUT2D eigenvalue weighted by Gasteiger charge is 2.34. The van der Waals surface area contributed by atoms with Gasteiger partial charge in [0, 0.05) is 13.1 Å². The third kappa shape index (κ3) is 5.82. The Morgan fingerprint density at radius 3 is 2.12 bits per heavy atom. The van der Waals surface area contributed by atoms with Crippen molar-refractivity contribution in [2.45, 2.75) is 39.9 Å². The number of carbonyl (C=O) groups excluding carboxylic acids is 1. The number of aromatic nitrogens is 2. The molecule has 4 rings (SSSR count). The SMILES string of the molecule is CC(C)(C)C(=O)ON1CC(Nc2ncnc(N(Cc3ccccc3)Cc3ccccc3)c2N)C1. The van der Waals surface area contributed by atoms with Crippen LogP contribution in [0.25, 0.3) is 0 Å². The van der Waals surface area contributed by atoms with Crippen molar-refractivity contribution in [1.29, 1.82) is 0 Å². The summed E-state index contributed by atoms with van der Waals surface area (Å²) in [5, 5.41) is 5.03. The molecule has 0 bridgehead atoms. The van der Waals surface area contributed by atoms with Crippen molar-refractivity contribution < 1.29 is 9.63 Å². The zero-order chi connectivity index (χ0) is 24.1. The molecule has 0 saturated carbocycles. The Hall–Kier alpha value is -3.65. The molecular weight excluding hydrogens is 428 g/mol. The second-order valence-electron chi connectivity index (χ2n) is 9.60. The molecule has 1 aliphatic rings. The second kappa shape index (κ2) is 10.1. The molecule has 1 aliphatic heterocycles. The molecule has 3 aromatic rings. The summed E-state index contributed by atoms with van der Waals surface area (Å²) in [4.78, 5) is 28.6. The fourth-order valence-electron chi connectivity index (χ4n) is 3.62. The first kappa shape index (κ1) is 23.5. The van der Waals surface area contributed by atoms with E-state index in [1.807, 2.05) is 57.2 Å². The number of nitrogens with zero attached hydrogens (tertiary/aromatic N) is 4. The molecule has 0 spiro atoms.